The fourth-order valence-corrected chi connectivity index (χ4v) is 1.76. The molecule has 0 radical (unpaired) electrons. The van der Waals surface area contributed by atoms with Crippen molar-refractivity contribution in [3.05, 3.63) is 24.2 Å². The highest BCUT2D eigenvalue weighted by Crippen LogP contribution is 2.34. The van der Waals surface area contributed by atoms with Crippen molar-refractivity contribution >= 4 is 0 Å². The normalized spacial score (nSPS) is 30.1. The molecule has 2 aliphatic rings. The molecule has 1 aliphatic heterocycles. The average Bonchev–Trinajstić information content (AvgIpc) is 2.62. The van der Waals surface area contributed by atoms with Gasteiger partial charge in [-0.1, -0.05) is 13.8 Å². The van der Waals surface area contributed by atoms with Gasteiger partial charge in [0.15, 0.2) is 0 Å². The number of nitrogens with one attached hydrogen (secondary N) is 2. The molecule has 1 heterocycles. The van der Waals surface area contributed by atoms with E-state index in [9.17, 15) is 0 Å². The number of hydrazine groups is 2. The van der Waals surface area contributed by atoms with Gasteiger partial charge in [0.1, 0.15) is 0 Å². The SMILES string of the molecule is CC1(C)CCC(N2C=CNN2)=CC1N. The molecule has 0 aromatic rings. The lowest BCUT2D eigenvalue weighted by molar-refractivity contribution is 0.241. The molecule has 4 N–H and O–H groups in total. The summed E-state index contributed by atoms with van der Waals surface area (Å²) < 4.78 is 0. The quantitative estimate of drug-likeness (QED) is 0.578. The second kappa shape index (κ2) is 3.29. The summed E-state index contributed by atoms with van der Waals surface area (Å²) in [6.45, 7) is 4.44. The molecule has 0 fully saturated rings. The van der Waals surface area contributed by atoms with Crippen LogP contribution in [0, 0.1) is 5.41 Å². The molecule has 0 amide bonds. The minimum Gasteiger partial charge on any atom is -0.324 e. The van der Waals surface area contributed by atoms with Crippen LogP contribution < -0.4 is 16.7 Å². The molecule has 78 valence electrons. The highest BCUT2D eigenvalue weighted by atomic mass is 15.7. The highest BCUT2D eigenvalue weighted by molar-refractivity contribution is 5.16. The van der Waals surface area contributed by atoms with E-state index in [-0.39, 0.29) is 11.5 Å². The van der Waals surface area contributed by atoms with Crippen molar-refractivity contribution < 1.29 is 0 Å². The maximum Gasteiger partial charge on any atom is 0.0402 e. The van der Waals surface area contributed by atoms with Gasteiger partial charge in [-0.2, -0.15) is 0 Å². The van der Waals surface area contributed by atoms with E-state index in [1.165, 1.54) is 5.70 Å². The molecule has 1 unspecified atom stereocenters. The Morgan fingerprint density at radius 3 is 2.93 bits per heavy atom. The first kappa shape index (κ1) is 9.55. The highest BCUT2D eigenvalue weighted by Gasteiger charge is 2.30. The molecule has 1 aliphatic carbocycles. The molecule has 0 bridgehead atoms. The van der Waals surface area contributed by atoms with Crippen molar-refractivity contribution in [2.24, 2.45) is 11.1 Å². The molecule has 4 nitrogen and oxygen atoms in total. The van der Waals surface area contributed by atoms with Gasteiger partial charge in [0.05, 0.1) is 0 Å². The number of hydrogen-bond acceptors (Lipinski definition) is 4. The summed E-state index contributed by atoms with van der Waals surface area (Å²) in [6.07, 6.45) is 8.18. The van der Waals surface area contributed by atoms with E-state index >= 15 is 0 Å². The van der Waals surface area contributed by atoms with Gasteiger partial charge in [-0.25, -0.2) is 0 Å². The summed E-state index contributed by atoms with van der Waals surface area (Å²) in [4.78, 5) is 0. The Morgan fingerprint density at radius 1 is 1.57 bits per heavy atom. The molecular formula is C10H18N4. The van der Waals surface area contributed by atoms with E-state index in [1.54, 1.807) is 0 Å². The maximum absolute atomic E-state index is 6.10. The Bertz CT molecular complexity index is 280. The number of nitrogens with two attached hydrogens (primary N) is 1. The van der Waals surface area contributed by atoms with Gasteiger partial charge in [-0.05, 0) is 24.3 Å². The van der Waals surface area contributed by atoms with E-state index in [2.05, 4.69) is 30.9 Å². The molecule has 0 aromatic carbocycles. The topological polar surface area (TPSA) is 53.3 Å². The summed E-state index contributed by atoms with van der Waals surface area (Å²) in [5, 5.41) is 1.98. The third-order valence-electron chi connectivity index (χ3n) is 3.10. The lowest BCUT2D eigenvalue weighted by atomic mass is 9.76. The van der Waals surface area contributed by atoms with Crippen LogP contribution in [0.15, 0.2) is 24.2 Å². The van der Waals surface area contributed by atoms with Crippen molar-refractivity contribution in [3.63, 3.8) is 0 Å². The van der Waals surface area contributed by atoms with E-state index in [4.69, 9.17) is 5.73 Å². The van der Waals surface area contributed by atoms with Crippen LogP contribution in [-0.2, 0) is 0 Å². The summed E-state index contributed by atoms with van der Waals surface area (Å²) in [6, 6.07) is 0.141. The van der Waals surface area contributed by atoms with E-state index in [0.717, 1.165) is 12.8 Å². The Balaban J connectivity index is 2.11. The summed E-state index contributed by atoms with van der Waals surface area (Å²) in [5.74, 6) is 0. The van der Waals surface area contributed by atoms with Crippen molar-refractivity contribution in [2.45, 2.75) is 32.7 Å². The molecule has 0 saturated heterocycles. The largest absolute Gasteiger partial charge is 0.324 e. The zero-order valence-electron chi connectivity index (χ0n) is 8.75. The lowest BCUT2D eigenvalue weighted by Gasteiger charge is -2.36. The van der Waals surface area contributed by atoms with Gasteiger partial charge in [0.2, 0.25) is 0 Å². The molecule has 4 heteroatoms. The lowest BCUT2D eigenvalue weighted by Crippen LogP contribution is -2.42. The standard InChI is InChI=1S/C10H18N4/c1-10(2)4-3-8(7-9(10)11)14-6-5-12-13-14/h5-7,9,12-13H,3-4,11H2,1-2H3. The van der Waals surface area contributed by atoms with Crippen LogP contribution in [0.25, 0.3) is 0 Å². The fourth-order valence-electron chi connectivity index (χ4n) is 1.76. The molecule has 0 spiro atoms. The minimum absolute atomic E-state index is 0.141. The van der Waals surface area contributed by atoms with Gasteiger partial charge in [-0.15, -0.1) is 5.53 Å². The van der Waals surface area contributed by atoms with Crippen molar-refractivity contribution in [1.82, 2.24) is 16.0 Å². The predicted octanol–water partition coefficient (Wildman–Crippen LogP) is 0.814. The number of rotatable bonds is 1. The Hall–Kier alpha value is -1.00. The van der Waals surface area contributed by atoms with Crippen LogP contribution in [0.3, 0.4) is 0 Å². The summed E-state index contributed by atoms with van der Waals surface area (Å²) in [5.41, 5.74) is 13.5. The molecule has 0 aromatic heterocycles. The zero-order valence-corrected chi connectivity index (χ0v) is 8.75. The first-order valence-electron chi connectivity index (χ1n) is 5.03. The number of hydrogen-bond donors (Lipinski definition) is 3. The van der Waals surface area contributed by atoms with Gasteiger partial charge in [0, 0.05) is 24.1 Å². The first-order valence-corrected chi connectivity index (χ1v) is 5.03. The van der Waals surface area contributed by atoms with Crippen LogP contribution in [-0.4, -0.2) is 11.1 Å². The van der Waals surface area contributed by atoms with Crippen molar-refractivity contribution in [1.29, 1.82) is 0 Å². The van der Waals surface area contributed by atoms with Crippen LogP contribution >= 0.6 is 0 Å². The number of allylic oxidation sites excluding steroid dienone is 1. The average molecular weight is 194 g/mol. The van der Waals surface area contributed by atoms with Crippen molar-refractivity contribution in [3.8, 4) is 0 Å². The molecule has 1 atom stereocenters. The molecule has 0 saturated carbocycles. The van der Waals surface area contributed by atoms with Crippen LogP contribution in [0.2, 0.25) is 0 Å². The summed E-state index contributed by atoms with van der Waals surface area (Å²) in [7, 11) is 0. The van der Waals surface area contributed by atoms with Crippen LogP contribution in [0.4, 0.5) is 0 Å². The van der Waals surface area contributed by atoms with E-state index in [1.807, 2.05) is 17.4 Å². The smallest absolute Gasteiger partial charge is 0.0402 e. The molecular weight excluding hydrogens is 176 g/mol. The summed E-state index contributed by atoms with van der Waals surface area (Å²) >= 11 is 0. The van der Waals surface area contributed by atoms with Crippen molar-refractivity contribution in [2.75, 3.05) is 0 Å². The molecule has 2 rings (SSSR count). The Kier molecular flexibility index (Phi) is 2.25. The van der Waals surface area contributed by atoms with Gasteiger partial charge in [0.25, 0.3) is 0 Å². The van der Waals surface area contributed by atoms with Gasteiger partial charge in [-0.3, -0.25) is 5.01 Å². The van der Waals surface area contributed by atoms with E-state index in [0.29, 0.717) is 0 Å². The zero-order chi connectivity index (χ0) is 10.2. The van der Waals surface area contributed by atoms with Crippen LogP contribution in [0.1, 0.15) is 26.7 Å². The third-order valence-corrected chi connectivity index (χ3v) is 3.10. The molecule has 14 heavy (non-hydrogen) atoms. The second-order valence-corrected chi connectivity index (χ2v) is 4.61. The maximum atomic E-state index is 6.10. The first-order chi connectivity index (χ1) is 6.59. The van der Waals surface area contributed by atoms with Crippen LogP contribution in [0.5, 0.6) is 0 Å². The Labute approximate surface area is 84.8 Å². The Morgan fingerprint density at radius 2 is 2.36 bits per heavy atom. The predicted molar refractivity (Wildman–Crippen MR) is 56.3 cm³/mol. The number of nitrogens with zero attached hydrogens (tertiary/aromatic N) is 1. The van der Waals surface area contributed by atoms with Gasteiger partial charge >= 0.3 is 0 Å². The second-order valence-electron chi connectivity index (χ2n) is 4.61. The van der Waals surface area contributed by atoms with E-state index < -0.39 is 0 Å². The monoisotopic (exact) mass is 194 g/mol. The van der Waals surface area contributed by atoms with Gasteiger partial charge < -0.3 is 11.2 Å². The fraction of sp³-hybridized carbons (Fsp3) is 0.600. The minimum atomic E-state index is 0.141. The third kappa shape index (κ3) is 1.63.